The number of allylic oxidation sites excluding steroid dienone is 2. The minimum absolute atomic E-state index is 0.112. The van der Waals surface area contributed by atoms with Crippen LogP contribution < -0.4 is 0 Å². The maximum absolute atomic E-state index is 12.1. The maximum Gasteiger partial charge on any atom is 0.316 e. The number of unbranched alkanes of at least 4 members (excludes halogenated alkanes) is 13. The first-order chi connectivity index (χ1) is 14.6. The minimum atomic E-state index is -0.493. The summed E-state index contributed by atoms with van der Waals surface area (Å²) < 4.78 is 4.85. The van der Waals surface area contributed by atoms with Crippen LogP contribution in [0.25, 0.3) is 0 Å². The van der Waals surface area contributed by atoms with Crippen molar-refractivity contribution in [3.63, 3.8) is 0 Å². The number of carbonyl (C=O) groups excluding carboxylic acids is 3. The van der Waals surface area contributed by atoms with Crippen LogP contribution in [0.2, 0.25) is 0 Å². The van der Waals surface area contributed by atoms with E-state index in [1.807, 2.05) is 6.08 Å². The van der Waals surface area contributed by atoms with Crippen molar-refractivity contribution >= 4 is 18.2 Å². The molecule has 4 heteroatoms. The van der Waals surface area contributed by atoms with Crippen LogP contribution in [0.1, 0.15) is 129 Å². The fourth-order valence-corrected chi connectivity index (χ4v) is 3.76. The molecule has 0 bridgehead atoms. The van der Waals surface area contributed by atoms with E-state index in [4.69, 9.17) is 4.74 Å². The number of carbonyl (C=O) groups is 3. The number of hydrogen-bond donors (Lipinski definition) is 0. The third kappa shape index (κ3) is 19.8. The molecule has 30 heavy (non-hydrogen) atoms. The lowest BCUT2D eigenvalue weighted by molar-refractivity contribution is -0.161. The van der Waals surface area contributed by atoms with Crippen LogP contribution in [-0.2, 0) is 19.1 Å². The molecule has 0 rings (SSSR count). The second-order valence-corrected chi connectivity index (χ2v) is 8.45. The van der Waals surface area contributed by atoms with Gasteiger partial charge in [-0.1, -0.05) is 103 Å². The molecule has 0 N–H and O–H groups in total. The molecule has 0 radical (unpaired) electrons. The van der Waals surface area contributed by atoms with Gasteiger partial charge in [-0.05, 0) is 25.7 Å². The highest BCUT2D eigenvalue weighted by atomic mass is 16.6. The molecule has 0 amide bonds. The van der Waals surface area contributed by atoms with Crippen LogP contribution in [0.3, 0.4) is 0 Å². The van der Waals surface area contributed by atoms with Crippen molar-refractivity contribution in [1.29, 1.82) is 0 Å². The summed E-state index contributed by atoms with van der Waals surface area (Å²) >= 11 is 0. The van der Waals surface area contributed by atoms with E-state index in [1.54, 1.807) is 0 Å². The largest absolute Gasteiger partial charge is 0.393 e. The molecule has 174 valence electrons. The van der Waals surface area contributed by atoms with E-state index in [0.29, 0.717) is 6.42 Å². The number of esters is 2. The normalized spacial score (nSPS) is 12.2. The first-order valence-corrected chi connectivity index (χ1v) is 12.4. The van der Waals surface area contributed by atoms with E-state index in [2.05, 4.69) is 13.0 Å². The Bertz CT molecular complexity index is 456. The molecular weight excluding hydrogens is 376 g/mol. The number of hydrogen-bond acceptors (Lipinski definition) is 4. The molecule has 0 heterocycles. The van der Waals surface area contributed by atoms with Crippen LogP contribution in [0.4, 0.5) is 0 Å². The zero-order valence-corrected chi connectivity index (χ0v) is 19.7. The van der Waals surface area contributed by atoms with E-state index >= 15 is 0 Å². The van der Waals surface area contributed by atoms with Gasteiger partial charge in [0.2, 0.25) is 0 Å². The van der Waals surface area contributed by atoms with Crippen LogP contribution in [0.15, 0.2) is 12.2 Å². The van der Waals surface area contributed by atoms with Gasteiger partial charge in [-0.25, -0.2) is 0 Å². The predicted molar refractivity (Wildman–Crippen MR) is 124 cm³/mol. The molecule has 1 unspecified atom stereocenters. The quantitative estimate of drug-likeness (QED) is 0.0632. The summed E-state index contributed by atoms with van der Waals surface area (Å²) in [6, 6.07) is 0. The third-order valence-corrected chi connectivity index (χ3v) is 5.56. The zero-order chi connectivity index (χ0) is 22.3. The van der Waals surface area contributed by atoms with E-state index < -0.39 is 5.97 Å². The lowest BCUT2D eigenvalue weighted by Crippen LogP contribution is -2.20. The van der Waals surface area contributed by atoms with Crippen molar-refractivity contribution in [2.24, 2.45) is 5.92 Å². The van der Waals surface area contributed by atoms with Gasteiger partial charge >= 0.3 is 11.9 Å². The Morgan fingerprint density at radius 1 is 0.733 bits per heavy atom. The van der Waals surface area contributed by atoms with Crippen molar-refractivity contribution in [3.8, 4) is 0 Å². The Balaban J connectivity index is 3.67. The van der Waals surface area contributed by atoms with E-state index in [-0.39, 0.29) is 11.9 Å². The Labute approximate surface area is 185 Å². The Kier molecular flexibility index (Phi) is 21.2. The van der Waals surface area contributed by atoms with Gasteiger partial charge in [0, 0.05) is 13.3 Å². The molecule has 1 atom stereocenters. The van der Waals surface area contributed by atoms with Crippen molar-refractivity contribution in [3.05, 3.63) is 12.2 Å². The average Bonchev–Trinajstić information content (AvgIpc) is 2.71. The summed E-state index contributed by atoms with van der Waals surface area (Å²) in [6.45, 7) is 3.48. The molecule has 0 aliphatic carbocycles. The van der Waals surface area contributed by atoms with Crippen molar-refractivity contribution < 1.29 is 19.1 Å². The average molecular weight is 423 g/mol. The molecule has 0 aromatic rings. The van der Waals surface area contributed by atoms with Crippen molar-refractivity contribution in [1.82, 2.24) is 0 Å². The van der Waals surface area contributed by atoms with Gasteiger partial charge in [0.05, 0.1) is 5.92 Å². The molecule has 0 saturated carbocycles. The molecule has 0 aromatic heterocycles. The van der Waals surface area contributed by atoms with Crippen LogP contribution >= 0.6 is 0 Å². The number of rotatable bonds is 21. The predicted octanol–water partition coefficient (Wildman–Crippen LogP) is 7.49. The van der Waals surface area contributed by atoms with E-state index in [1.165, 1.54) is 71.1 Å². The first kappa shape index (κ1) is 28.5. The van der Waals surface area contributed by atoms with Crippen molar-refractivity contribution in [2.75, 3.05) is 0 Å². The standard InChI is InChI=1S/C26H46O4/c1-3-4-5-18-21-25(26(29)30-24(2)28)22-19-16-14-12-10-8-6-7-9-11-13-15-17-20-23-27/h15,17,23,25H,3-14,16,18-22H2,1-2H3. The second kappa shape index (κ2) is 22.2. The summed E-state index contributed by atoms with van der Waals surface area (Å²) in [5, 5.41) is 0. The number of ether oxygens (including phenoxy) is 1. The van der Waals surface area contributed by atoms with Gasteiger partial charge in [0.1, 0.15) is 6.29 Å². The summed E-state index contributed by atoms with van der Waals surface area (Å²) in [5.41, 5.74) is 0. The molecule has 0 fully saturated rings. The van der Waals surface area contributed by atoms with Crippen LogP contribution in [0, 0.1) is 5.92 Å². The van der Waals surface area contributed by atoms with Gasteiger partial charge in [-0.2, -0.15) is 0 Å². The molecule has 0 aliphatic heterocycles. The highest BCUT2D eigenvalue weighted by Gasteiger charge is 2.20. The van der Waals surface area contributed by atoms with Crippen LogP contribution in [-0.4, -0.2) is 18.2 Å². The monoisotopic (exact) mass is 422 g/mol. The second-order valence-electron chi connectivity index (χ2n) is 8.45. The molecule has 0 aliphatic rings. The van der Waals surface area contributed by atoms with Gasteiger partial charge < -0.3 is 9.53 Å². The third-order valence-electron chi connectivity index (χ3n) is 5.56. The van der Waals surface area contributed by atoms with E-state index in [0.717, 1.165) is 51.2 Å². The van der Waals surface area contributed by atoms with Gasteiger partial charge in [0.25, 0.3) is 0 Å². The summed E-state index contributed by atoms with van der Waals surface area (Å²) in [6.07, 6.45) is 25.3. The Morgan fingerprint density at radius 2 is 1.23 bits per heavy atom. The van der Waals surface area contributed by atoms with Gasteiger partial charge in [0.15, 0.2) is 0 Å². The molecular formula is C26H46O4. The zero-order valence-electron chi connectivity index (χ0n) is 19.7. The highest BCUT2D eigenvalue weighted by Crippen LogP contribution is 2.20. The maximum atomic E-state index is 12.1. The Morgan fingerprint density at radius 3 is 1.73 bits per heavy atom. The number of aldehydes is 1. The SMILES string of the molecule is CCCCCCC(CCCCCCCCCCCCC=CCC=O)C(=O)OC(C)=O. The summed E-state index contributed by atoms with van der Waals surface area (Å²) in [4.78, 5) is 33.4. The first-order valence-electron chi connectivity index (χ1n) is 12.4. The smallest absolute Gasteiger partial charge is 0.316 e. The summed E-state index contributed by atoms with van der Waals surface area (Å²) in [7, 11) is 0. The fourth-order valence-electron chi connectivity index (χ4n) is 3.76. The molecule has 0 aromatic carbocycles. The molecule has 0 saturated heterocycles. The minimum Gasteiger partial charge on any atom is -0.393 e. The van der Waals surface area contributed by atoms with Crippen LogP contribution in [0.5, 0.6) is 0 Å². The summed E-state index contributed by atoms with van der Waals surface area (Å²) in [5.74, 6) is -0.926. The van der Waals surface area contributed by atoms with E-state index in [9.17, 15) is 14.4 Å². The highest BCUT2D eigenvalue weighted by molar-refractivity contribution is 5.85. The lowest BCUT2D eigenvalue weighted by Gasteiger charge is -2.14. The molecule has 4 nitrogen and oxygen atoms in total. The molecule has 0 spiro atoms. The topological polar surface area (TPSA) is 60.4 Å². The fraction of sp³-hybridized carbons (Fsp3) is 0.808. The van der Waals surface area contributed by atoms with Gasteiger partial charge in [-0.3, -0.25) is 9.59 Å². The van der Waals surface area contributed by atoms with Gasteiger partial charge in [-0.15, -0.1) is 0 Å². The Hall–Kier alpha value is -1.45. The lowest BCUT2D eigenvalue weighted by atomic mass is 9.94. The van der Waals surface area contributed by atoms with Crippen molar-refractivity contribution in [2.45, 2.75) is 129 Å².